The number of aryl methyl sites for hydroxylation is 1. The maximum atomic E-state index is 5.54. The number of benzene rings is 1. The molecule has 1 rings (SSSR count). The Morgan fingerprint density at radius 1 is 0.552 bits per heavy atom. The van der Waals surface area contributed by atoms with Crippen LogP contribution < -0.4 is 5.19 Å². The normalized spacial score (nSPS) is 11.9. The molecule has 0 bridgehead atoms. The van der Waals surface area contributed by atoms with Gasteiger partial charge in [0.1, 0.15) is 0 Å². The largest absolute Gasteiger partial charge is 0.536 e. The quantitative estimate of drug-likeness (QED) is 0.181. The average molecular weight is 423 g/mol. The van der Waals surface area contributed by atoms with Gasteiger partial charge in [0.25, 0.3) is 0 Å². The lowest BCUT2D eigenvalue weighted by Gasteiger charge is -2.24. The summed E-state index contributed by atoms with van der Waals surface area (Å²) >= 11 is 0. The Bertz CT molecular complexity index is 477. The summed E-state index contributed by atoms with van der Waals surface area (Å²) in [6.07, 6.45) is 20.8. The van der Waals surface area contributed by atoms with Gasteiger partial charge in [-0.15, -0.1) is 0 Å². The number of hydrogen-bond donors (Lipinski definition) is 0. The maximum Gasteiger partial charge on any atom is 0.536 e. The molecule has 0 aromatic heterocycles. The zero-order chi connectivity index (χ0) is 21.2. The second-order valence-corrected chi connectivity index (χ2v) is 11.1. The average Bonchev–Trinajstić information content (AvgIpc) is 2.76. The van der Waals surface area contributed by atoms with Crippen LogP contribution in [-0.4, -0.2) is 30.1 Å². The smallest absolute Gasteiger partial charge is 0.373 e. The third-order valence-electron chi connectivity index (χ3n) is 5.93. The highest BCUT2D eigenvalue weighted by Gasteiger charge is 2.40. The van der Waals surface area contributed by atoms with E-state index < -0.39 is 8.80 Å². The van der Waals surface area contributed by atoms with Gasteiger partial charge < -0.3 is 13.3 Å². The zero-order valence-electron chi connectivity index (χ0n) is 19.6. The van der Waals surface area contributed by atoms with Gasteiger partial charge in [0, 0.05) is 26.5 Å². The minimum Gasteiger partial charge on any atom is -0.373 e. The highest BCUT2D eigenvalue weighted by molar-refractivity contribution is 6.75. The molecule has 0 saturated heterocycles. The van der Waals surface area contributed by atoms with E-state index in [0.717, 1.165) is 11.6 Å². The van der Waals surface area contributed by atoms with Gasteiger partial charge in [0.15, 0.2) is 0 Å². The molecule has 0 fully saturated rings. The van der Waals surface area contributed by atoms with E-state index >= 15 is 0 Å². The summed E-state index contributed by atoms with van der Waals surface area (Å²) in [6, 6.07) is 8.58. The molecule has 0 atom stereocenters. The summed E-state index contributed by atoms with van der Waals surface area (Å²) < 4.78 is 16.6. The Balaban J connectivity index is 2.03. The van der Waals surface area contributed by atoms with Crippen LogP contribution in [0, 0.1) is 0 Å². The fourth-order valence-corrected chi connectivity index (χ4v) is 5.78. The molecule has 0 heterocycles. The van der Waals surface area contributed by atoms with Gasteiger partial charge in [-0.3, -0.25) is 0 Å². The van der Waals surface area contributed by atoms with E-state index in [2.05, 4.69) is 31.2 Å². The number of hydrogen-bond acceptors (Lipinski definition) is 3. The van der Waals surface area contributed by atoms with E-state index in [0.29, 0.717) is 0 Å². The van der Waals surface area contributed by atoms with Crippen LogP contribution in [0.2, 0.25) is 0 Å². The van der Waals surface area contributed by atoms with Gasteiger partial charge >= 0.3 is 8.80 Å². The molecule has 0 aliphatic heterocycles. The van der Waals surface area contributed by atoms with Gasteiger partial charge in [-0.2, -0.15) is 0 Å². The van der Waals surface area contributed by atoms with Crippen molar-refractivity contribution in [3.8, 4) is 0 Å². The molecule has 0 saturated carbocycles. The van der Waals surface area contributed by atoms with Crippen molar-refractivity contribution in [1.82, 2.24) is 0 Å². The molecule has 0 aliphatic carbocycles. The third-order valence-corrected chi connectivity index (χ3v) is 8.59. The zero-order valence-corrected chi connectivity index (χ0v) is 20.6. The molecule has 29 heavy (non-hydrogen) atoms. The minimum absolute atomic E-state index is 1.02. The van der Waals surface area contributed by atoms with Crippen molar-refractivity contribution in [3.05, 3.63) is 29.8 Å². The van der Waals surface area contributed by atoms with E-state index in [1.807, 2.05) is 0 Å². The summed E-state index contributed by atoms with van der Waals surface area (Å²) in [7, 11) is 2.27. The summed E-state index contributed by atoms with van der Waals surface area (Å²) in [4.78, 5) is 0. The van der Waals surface area contributed by atoms with E-state index in [1.165, 1.54) is 95.5 Å². The van der Waals surface area contributed by atoms with Crippen LogP contribution in [0.3, 0.4) is 0 Å². The Hall–Kier alpha value is -0.683. The molecule has 3 nitrogen and oxygen atoms in total. The monoisotopic (exact) mass is 422 g/mol. The van der Waals surface area contributed by atoms with Crippen molar-refractivity contribution >= 4 is 14.0 Å². The predicted molar refractivity (Wildman–Crippen MR) is 127 cm³/mol. The van der Waals surface area contributed by atoms with Crippen molar-refractivity contribution in [2.75, 3.05) is 21.3 Å². The van der Waals surface area contributed by atoms with E-state index in [1.54, 1.807) is 21.3 Å². The fraction of sp³-hybridized carbons (Fsp3) is 0.760. The van der Waals surface area contributed by atoms with Crippen LogP contribution >= 0.6 is 0 Å². The summed E-state index contributed by atoms with van der Waals surface area (Å²) in [5.41, 5.74) is 1.39. The molecular weight excluding hydrogens is 376 g/mol. The van der Waals surface area contributed by atoms with Crippen LogP contribution in [0.4, 0.5) is 0 Å². The maximum absolute atomic E-state index is 5.54. The van der Waals surface area contributed by atoms with Crippen molar-refractivity contribution in [2.24, 2.45) is 0 Å². The number of unbranched alkanes of at least 4 members (excludes halogenated alkanes) is 13. The van der Waals surface area contributed by atoms with Gasteiger partial charge in [-0.25, -0.2) is 0 Å². The molecule has 1 aromatic rings. The summed E-state index contributed by atoms with van der Waals surface area (Å²) in [6.45, 7) is 2.29. The molecule has 0 aliphatic rings. The molecule has 1 aromatic carbocycles. The molecule has 0 radical (unpaired) electrons. The first-order valence-corrected chi connectivity index (χ1v) is 13.7. The molecule has 4 heteroatoms. The van der Waals surface area contributed by atoms with E-state index in [9.17, 15) is 0 Å². The van der Waals surface area contributed by atoms with Crippen LogP contribution in [0.25, 0.3) is 0 Å². The first-order chi connectivity index (χ1) is 14.2. The van der Waals surface area contributed by atoms with Gasteiger partial charge in [-0.1, -0.05) is 115 Å². The highest BCUT2D eigenvalue weighted by Crippen LogP contribution is 2.14. The first kappa shape index (κ1) is 26.4. The van der Waals surface area contributed by atoms with Crippen molar-refractivity contribution < 1.29 is 13.3 Å². The van der Waals surface area contributed by atoms with Crippen LogP contribution in [0.15, 0.2) is 24.3 Å². The second-order valence-electron chi connectivity index (χ2n) is 8.21. The Labute approximate surface area is 181 Å². The Morgan fingerprint density at radius 3 is 1.31 bits per heavy atom. The first-order valence-electron chi connectivity index (χ1n) is 12.0. The van der Waals surface area contributed by atoms with Crippen molar-refractivity contribution in [3.63, 3.8) is 0 Å². The Morgan fingerprint density at radius 2 is 0.931 bits per heavy atom. The molecule has 0 N–H and O–H groups in total. The third kappa shape index (κ3) is 10.8. The lowest BCUT2D eigenvalue weighted by Crippen LogP contribution is -2.54. The SMILES string of the molecule is CCCCCCCCCCCCCCCCc1ccc([Si](OC)(OC)OC)cc1. The summed E-state index contributed by atoms with van der Waals surface area (Å²) in [5, 5.41) is 1.02. The predicted octanol–water partition coefficient (Wildman–Crippen LogP) is 6.80. The lowest BCUT2D eigenvalue weighted by molar-refractivity contribution is 0.140. The van der Waals surface area contributed by atoms with E-state index in [4.69, 9.17) is 13.3 Å². The minimum atomic E-state index is -2.69. The highest BCUT2D eigenvalue weighted by atomic mass is 28.4. The number of rotatable bonds is 19. The van der Waals surface area contributed by atoms with Gasteiger partial charge in [0.2, 0.25) is 0 Å². The topological polar surface area (TPSA) is 27.7 Å². The summed E-state index contributed by atoms with van der Waals surface area (Å²) in [5.74, 6) is 0. The van der Waals surface area contributed by atoms with Crippen molar-refractivity contribution in [1.29, 1.82) is 0 Å². The Kier molecular flexibility index (Phi) is 15.5. The van der Waals surface area contributed by atoms with Gasteiger partial charge in [0.05, 0.1) is 0 Å². The molecule has 168 valence electrons. The lowest BCUT2D eigenvalue weighted by atomic mass is 10.0. The van der Waals surface area contributed by atoms with E-state index in [-0.39, 0.29) is 0 Å². The fourth-order valence-electron chi connectivity index (χ4n) is 4.00. The van der Waals surface area contributed by atoms with Gasteiger partial charge in [-0.05, 0) is 18.4 Å². The van der Waals surface area contributed by atoms with Crippen LogP contribution in [0.1, 0.15) is 102 Å². The second kappa shape index (κ2) is 17.0. The molecule has 0 spiro atoms. The van der Waals surface area contributed by atoms with Crippen molar-refractivity contribution in [2.45, 2.75) is 103 Å². The standard InChI is InChI=1S/C25H46O3Si/c1-5-6-7-8-9-10-11-12-13-14-15-16-17-18-19-24-20-22-25(23-21-24)29(26-2,27-3)28-4/h20-23H,5-19H2,1-4H3. The molecule has 0 unspecified atom stereocenters. The van der Waals surface area contributed by atoms with Crippen LogP contribution in [-0.2, 0) is 19.7 Å². The molecule has 0 amide bonds. The molecular formula is C25H46O3Si. The van der Waals surface area contributed by atoms with Crippen LogP contribution in [0.5, 0.6) is 0 Å².